The number of carbonyl (C=O) groups excluding carboxylic acids is 2. The van der Waals surface area contributed by atoms with Crippen molar-refractivity contribution in [1.82, 2.24) is 5.32 Å². The number of halogens is 2. The van der Waals surface area contributed by atoms with E-state index >= 15 is 0 Å². The molecule has 0 aliphatic rings. The van der Waals surface area contributed by atoms with Gasteiger partial charge in [-0.1, -0.05) is 0 Å². The second-order valence-corrected chi connectivity index (χ2v) is 4.40. The molecule has 104 valence electrons. The molecule has 0 aliphatic heterocycles. The minimum atomic E-state index is -0.770. The Morgan fingerprint density at radius 2 is 2.16 bits per heavy atom. The van der Waals surface area contributed by atoms with E-state index in [2.05, 4.69) is 21.2 Å². The summed E-state index contributed by atoms with van der Waals surface area (Å²) in [4.78, 5) is 22.9. The third-order valence-electron chi connectivity index (χ3n) is 2.11. The third-order valence-corrected chi connectivity index (χ3v) is 2.80. The van der Waals surface area contributed by atoms with Gasteiger partial charge in [-0.2, -0.15) is 0 Å². The first kappa shape index (κ1) is 15.6. The maximum atomic E-state index is 13.0. The van der Waals surface area contributed by atoms with Crippen LogP contribution in [0.5, 0.6) is 0 Å². The summed E-state index contributed by atoms with van der Waals surface area (Å²) < 4.78 is 22.9. The first-order valence-electron chi connectivity index (χ1n) is 5.42. The lowest BCUT2D eigenvalue weighted by Crippen LogP contribution is -2.31. The highest BCUT2D eigenvalue weighted by Gasteiger charge is 2.14. The predicted octanol–water partition coefficient (Wildman–Crippen LogP) is 1.51. The van der Waals surface area contributed by atoms with Crippen LogP contribution in [0.15, 0.2) is 22.7 Å². The van der Waals surface area contributed by atoms with Crippen LogP contribution in [-0.2, 0) is 14.3 Å². The summed E-state index contributed by atoms with van der Waals surface area (Å²) in [5.41, 5.74) is 0.0321. The number of ether oxygens (including phenoxy) is 2. The van der Waals surface area contributed by atoms with Gasteiger partial charge in [0, 0.05) is 18.1 Å². The molecule has 0 unspecified atom stereocenters. The molecule has 0 heterocycles. The molecule has 5 nitrogen and oxygen atoms in total. The predicted molar refractivity (Wildman–Crippen MR) is 69.3 cm³/mol. The molecule has 0 spiro atoms. The molecule has 1 amide bonds. The van der Waals surface area contributed by atoms with Gasteiger partial charge in [0.2, 0.25) is 0 Å². The van der Waals surface area contributed by atoms with Crippen molar-refractivity contribution in [2.24, 2.45) is 0 Å². The summed E-state index contributed by atoms with van der Waals surface area (Å²) in [6.07, 6.45) is 0. The fourth-order valence-corrected chi connectivity index (χ4v) is 1.61. The monoisotopic (exact) mass is 333 g/mol. The molecular weight excluding hydrogens is 321 g/mol. The van der Waals surface area contributed by atoms with Crippen LogP contribution in [0, 0.1) is 5.82 Å². The van der Waals surface area contributed by atoms with Gasteiger partial charge in [0.25, 0.3) is 5.91 Å². The van der Waals surface area contributed by atoms with E-state index in [1.807, 2.05) is 0 Å². The lowest BCUT2D eigenvalue weighted by molar-refractivity contribution is -0.124. The molecule has 0 atom stereocenters. The molecule has 0 radical (unpaired) electrons. The number of carbonyl (C=O) groups is 2. The van der Waals surface area contributed by atoms with Crippen molar-refractivity contribution in [2.75, 3.05) is 26.9 Å². The van der Waals surface area contributed by atoms with Gasteiger partial charge in [0.05, 0.1) is 12.2 Å². The van der Waals surface area contributed by atoms with Crippen molar-refractivity contribution in [3.8, 4) is 0 Å². The van der Waals surface area contributed by atoms with Crippen LogP contribution in [0.4, 0.5) is 4.39 Å². The van der Waals surface area contributed by atoms with Crippen LogP contribution >= 0.6 is 15.9 Å². The van der Waals surface area contributed by atoms with Gasteiger partial charge in [-0.3, -0.25) is 4.79 Å². The van der Waals surface area contributed by atoms with Crippen LogP contribution in [0.2, 0.25) is 0 Å². The Morgan fingerprint density at radius 1 is 1.42 bits per heavy atom. The van der Waals surface area contributed by atoms with Crippen LogP contribution in [0.1, 0.15) is 10.4 Å². The van der Waals surface area contributed by atoms with Crippen molar-refractivity contribution in [1.29, 1.82) is 0 Å². The van der Waals surface area contributed by atoms with E-state index in [1.165, 1.54) is 19.2 Å². The second-order valence-electron chi connectivity index (χ2n) is 3.54. The summed E-state index contributed by atoms with van der Waals surface area (Å²) in [6, 6.07) is 3.64. The van der Waals surface area contributed by atoms with Crippen LogP contribution in [0.3, 0.4) is 0 Å². The molecule has 0 fully saturated rings. The Kier molecular flexibility index (Phi) is 6.44. The molecule has 0 saturated carbocycles. The SMILES string of the molecule is COCCNC(=O)COC(=O)c1cc(F)ccc1Br. The molecule has 1 N–H and O–H groups in total. The Bertz CT molecular complexity index is 467. The Hall–Kier alpha value is -1.47. The topological polar surface area (TPSA) is 64.6 Å². The number of methoxy groups -OCH3 is 1. The molecule has 0 bridgehead atoms. The second kappa shape index (κ2) is 7.85. The van der Waals surface area contributed by atoms with Gasteiger partial charge in [-0.05, 0) is 34.1 Å². The van der Waals surface area contributed by atoms with Gasteiger partial charge in [0.15, 0.2) is 6.61 Å². The first-order chi connectivity index (χ1) is 9.04. The number of nitrogens with one attached hydrogen (secondary N) is 1. The highest BCUT2D eigenvalue weighted by Crippen LogP contribution is 2.18. The summed E-state index contributed by atoms with van der Waals surface area (Å²) in [5, 5.41) is 2.49. The van der Waals surface area contributed by atoms with E-state index in [4.69, 9.17) is 9.47 Å². The van der Waals surface area contributed by atoms with Crippen LogP contribution in [-0.4, -0.2) is 38.7 Å². The normalized spacial score (nSPS) is 10.1. The number of esters is 1. The molecule has 0 saturated heterocycles. The highest BCUT2D eigenvalue weighted by molar-refractivity contribution is 9.10. The van der Waals surface area contributed by atoms with E-state index < -0.39 is 24.3 Å². The standard InChI is InChI=1S/C12H13BrFNO4/c1-18-5-4-15-11(16)7-19-12(17)9-6-8(14)2-3-10(9)13/h2-3,6H,4-5,7H2,1H3,(H,15,16). The van der Waals surface area contributed by atoms with Gasteiger partial charge in [-0.15, -0.1) is 0 Å². The summed E-state index contributed by atoms with van der Waals surface area (Å²) in [6.45, 7) is 0.275. The maximum absolute atomic E-state index is 13.0. The highest BCUT2D eigenvalue weighted by atomic mass is 79.9. The van der Waals surface area contributed by atoms with Gasteiger partial charge < -0.3 is 14.8 Å². The number of hydrogen-bond donors (Lipinski definition) is 1. The number of benzene rings is 1. The van der Waals surface area contributed by atoms with Gasteiger partial charge in [0.1, 0.15) is 5.82 Å². The maximum Gasteiger partial charge on any atom is 0.339 e. The average molecular weight is 334 g/mol. The van der Waals surface area contributed by atoms with E-state index in [0.29, 0.717) is 17.6 Å². The average Bonchev–Trinajstić information content (AvgIpc) is 2.39. The lowest BCUT2D eigenvalue weighted by Gasteiger charge is -2.07. The van der Waals surface area contributed by atoms with Gasteiger partial charge in [-0.25, -0.2) is 9.18 Å². The number of amides is 1. The van der Waals surface area contributed by atoms with Crippen molar-refractivity contribution in [3.63, 3.8) is 0 Å². The quantitative estimate of drug-likeness (QED) is 0.633. The van der Waals surface area contributed by atoms with Crippen LogP contribution in [0.25, 0.3) is 0 Å². The smallest absolute Gasteiger partial charge is 0.339 e. The molecule has 1 aromatic rings. The number of hydrogen-bond acceptors (Lipinski definition) is 4. The minimum absolute atomic E-state index is 0.0321. The lowest BCUT2D eigenvalue weighted by atomic mass is 10.2. The molecule has 19 heavy (non-hydrogen) atoms. The van der Waals surface area contributed by atoms with Crippen molar-refractivity contribution in [3.05, 3.63) is 34.1 Å². The fourth-order valence-electron chi connectivity index (χ4n) is 1.21. The van der Waals surface area contributed by atoms with Gasteiger partial charge >= 0.3 is 5.97 Å². The summed E-state index contributed by atoms with van der Waals surface area (Å²) in [7, 11) is 1.51. The largest absolute Gasteiger partial charge is 0.452 e. The van der Waals surface area contributed by atoms with Crippen molar-refractivity contribution in [2.45, 2.75) is 0 Å². The Labute approximate surface area is 118 Å². The minimum Gasteiger partial charge on any atom is -0.452 e. The van der Waals surface area contributed by atoms with E-state index in [9.17, 15) is 14.0 Å². The molecule has 0 aliphatic carbocycles. The zero-order chi connectivity index (χ0) is 14.3. The third kappa shape index (κ3) is 5.35. The Morgan fingerprint density at radius 3 is 2.84 bits per heavy atom. The van der Waals surface area contributed by atoms with E-state index in [-0.39, 0.29) is 5.56 Å². The van der Waals surface area contributed by atoms with Crippen LogP contribution < -0.4 is 5.32 Å². The molecule has 7 heteroatoms. The molecule has 1 aromatic carbocycles. The van der Waals surface area contributed by atoms with E-state index in [0.717, 1.165) is 6.07 Å². The molecule has 1 rings (SSSR count). The summed E-state index contributed by atoms with van der Waals surface area (Å²) >= 11 is 3.10. The molecule has 0 aromatic heterocycles. The van der Waals surface area contributed by atoms with Crippen molar-refractivity contribution < 1.29 is 23.5 Å². The first-order valence-corrected chi connectivity index (χ1v) is 6.21. The molecular formula is C12H13BrFNO4. The fraction of sp³-hybridized carbons (Fsp3) is 0.333. The zero-order valence-corrected chi connectivity index (χ0v) is 11.8. The van der Waals surface area contributed by atoms with Crippen molar-refractivity contribution >= 4 is 27.8 Å². The van der Waals surface area contributed by atoms with E-state index in [1.54, 1.807) is 0 Å². The summed E-state index contributed by atoms with van der Waals surface area (Å²) in [5.74, 6) is -1.77. The number of rotatable bonds is 6. The zero-order valence-electron chi connectivity index (χ0n) is 10.2. The Balaban J connectivity index is 2.47.